The molecule has 1 atom stereocenters. The van der Waals surface area contributed by atoms with Gasteiger partial charge in [0.2, 0.25) is 0 Å². The fraction of sp³-hybridized carbons (Fsp3) is 0.667. The molecule has 0 aliphatic heterocycles. The summed E-state index contributed by atoms with van der Waals surface area (Å²) in [5.41, 5.74) is 9.42. The van der Waals surface area contributed by atoms with Crippen molar-refractivity contribution in [1.82, 2.24) is 0 Å². The lowest BCUT2D eigenvalue weighted by Gasteiger charge is -2.05. The standard InChI is InChI=1S/C3H8N2O3/c4-2(1-6)8-3(5)7/h2,6H,1,4H2,(H2,5,7). The molecule has 8 heavy (non-hydrogen) atoms. The van der Waals surface area contributed by atoms with Gasteiger partial charge in [0.25, 0.3) is 0 Å². The maximum absolute atomic E-state index is 9.78. The second-order valence-corrected chi connectivity index (χ2v) is 1.16. The minimum absolute atomic E-state index is 0.414. The van der Waals surface area contributed by atoms with Gasteiger partial charge in [-0.1, -0.05) is 0 Å². The number of amides is 1. The number of rotatable bonds is 2. The van der Waals surface area contributed by atoms with Gasteiger partial charge in [0, 0.05) is 0 Å². The van der Waals surface area contributed by atoms with Gasteiger partial charge in [-0.25, -0.2) is 4.79 Å². The molecule has 0 fully saturated rings. The van der Waals surface area contributed by atoms with Crippen molar-refractivity contribution >= 4 is 6.09 Å². The van der Waals surface area contributed by atoms with E-state index in [2.05, 4.69) is 10.5 Å². The Balaban J connectivity index is 3.24. The van der Waals surface area contributed by atoms with E-state index in [0.717, 1.165) is 0 Å². The fourth-order valence-electron chi connectivity index (χ4n) is 0.186. The summed E-state index contributed by atoms with van der Waals surface area (Å²) in [7, 11) is 0. The number of hydrogen-bond donors (Lipinski definition) is 3. The van der Waals surface area contributed by atoms with Crippen LogP contribution in [0.5, 0.6) is 0 Å². The highest BCUT2D eigenvalue weighted by atomic mass is 16.6. The Bertz CT molecular complexity index is 84.6. The molecule has 0 aromatic heterocycles. The monoisotopic (exact) mass is 120 g/mol. The van der Waals surface area contributed by atoms with E-state index < -0.39 is 18.9 Å². The lowest BCUT2D eigenvalue weighted by molar-refractivity contribution is 0.0676. The second kappa shape index (κ2) is 3.23. The van der Waals surface area contributed by atoms with Crippen molar-refractivity contribution in [2.24, 2.45) is 11.5 Å². The minimum Gasteiger partial charge on any atom is -0.428 e. The number of carbonyl (C=O) groups excluding carboxylic acids is 1. The van der Waals surface area contributed by atoms with Gasteiger partial charge in [0.05, 0.1) is 6.61 Å². The molecule has 5 heteroatoms. The Kier molecular flexibility index (Phi) is 2.90. The van der Waals surface area contributed by atoms with E-state index in [1.165, 1.54) is 0 Å². The summed E-state index contributed by atoms with van der Waals surface area (Å²) >= 11 is 0. The molecule has 0 bridgehead atoms. The van der Waals surface area contributed by atoms with Gasteiger partial charge in [-0.05, 0) is 0 Å². The SMILES string of the molecule is NC(=O)OC(N)CO. The molecule has 0 saturated carbocycles. The Morgan fingerprint density at radius 3 is 2.50 bits per heavy atom. The molecule has 0 saturated heterocycles. The Hall–Kier alpha value is -0.810. The average Bonchev–Trinajstić information content (AvgIpc) is 1.65. The molecular weight excluding hydrogens is 112 g/mol. The van der Waals surface area contributed by atoms with Crippen LogP contribution in [-0.4, -0.2) is 24.0 Å². The van der Waals surface area contributed by atoms with Crippen LogP contribution in [0.3, 0.4) is 0 Å². The van der Waals surface area contributed by atoms with Crippen LogP contribution in [0.1, 0.15) is 0 Å². The van der Waals surface area contributed by atoms with Gasteiger partial charge < -0.3 is 15.6 Å². The number of ether oxygens (including phenoxy) is 1. The molecule has 0 aromatic rings. The van der Waals surface area contributed by atoms with E-state index in [9.17, 15) is 4.79 Å². The van der Waals surface area contributed by atoms with Crippen molar-refractivity contribution in [3.8, 4) is 0 Å². The van der Waals surface area contributed by atoms with E-state index in [0.29, 0.717) is 0 Å². The molecule has 1 unspecified atom stereocenters. The molecule has 0 rings (SSSR count). The molecule has 0 aromatic carbocycles. The van der Waals surface area contributed by atoms with Crippen LogP contribution in [0.25, 0.3) is 0 Å². The molecule has 0 aliphatic carbocycles. The summed E-state index contributed by atoms with van der Waals surface area (Å²) in [5, 5.41) is 8.13. The first-order valence-electron chi connectivity index (χ1n) is 1.99. The Labute approximate surface area is 46.2 Å². The largest absolute Gasteiger partial charge is 0.428 e. The third-order valence-corrected chi connectivity index (χ3v) is 0.447. The van der Waals surface area contributed by atoms with Gasteiger partial charge >= 0.3 is 6.09 Å². The van der Waals surface area contributed by atoms with Crippen LogP contribution in [0.15, 0.2) is 0 Å². The van der Waals surface area contributed by atoms with Gasteiger partial charge in [-0.3, -0.25) is 5.73 Å². The summed E-state index contributed by atoms with van der Waals surface area (Å²) in [6, 6.07) is 0. The van der Waals surface area contributed by atoms with E-state index in [-0.39, 0.29) is 0 Å². The maximum Gasteiger partial charge on any atom is 0.406 e. The normalized spacial score (nSPS) is 12.8. The summed E-state index contributed by atoms with van der Waals surface area (Å²) in [5.74, 6) is 0. The third-order valence-electron chi connectivity index (χ3n) is 0.447. The van der Waals surface area contributed by atoms with Crippen molar-refractivity contribution in [3.05, 3.63) is 0 Å². The molecular formula is C3H8N2O3. The molecule has 48 valence electrons. The quantitative estimate of drug-likeness (QED) is 0.380. The third kappa shape index (κ3) is 3.38. The van der Waals surface area contributed by atoms with Crippen LogP contribution in [0.2, 0.25) is 0 Å². The molecule has 5 N–H and O–H groups in total. The van der Waals surface area contributed by atoms with Gasteiger partial charge in [0.1, 0.15) is 0 Å². The number of nitrogens with two attached hydrogens (primary N) is 2. The number of primary amides is 1. The predicted octanol–water partition coefficient (Wildman–Crippen LogP) is -1.64. The first kappa shape index (κ1) is 7.19. The number of hydrogen-bond acceptors (Lipinski definition) is 4. The molecule has 0 spiro atoms. The van der Waals surface area contributed by atoms with Crippen molar-refractivity contribution in [3.63, 3.8) is 0 Å². The molecule has 5 nitrogen and oxygen atoms in total. The van der Waals surface area contributed by atoms with Gasteiger partial charge in [-0.2, -0.15) is 0 Å². The van der Waals surface area contributed by atoms with Crippen LogP contribution < -0.4 is 11.5 Å². The highest BCUT2D eigenvalue weighted by Crippen LogP contribution is 1.77. The minimum atomic E-state index is -0.993. The zero-order valence-corrected chi connectivity index (χ0v) is 4.20. The summed E-state index contributed by atoms with van der Waals surface area (Å²) < 4.78 is 4.07. The van der Waals surface area contributed by atoms with Crippen molar-refractivity contribution in [1.29, 1.82) is 0 Å². The molecule has 0 aliphatic rings. The van der Waals surface area contributed by atoms with Gasteiger partial charge in [0.15, 0.2) is 6.23 Å². The average molecular weight is 120 g/mol. The van der Waals surface area contributed by atoms with Crippen LogP contribution in [-0.2, 0) is 4.74 Å². The van der Waals surface area contributed by atoms with Crippen LogP contribution in [0, 0.1) is 0 Å². The maximum atomic E-state index is 9.78. The highest BCUT2D eigenvalue weighted by molar-refractivity contribution is 5.64. The predicted molar refractivity (Wildman–Crippen MR) is 25.7 cm³/mol. The topological polar surface area (TPSA) is 98.6 Å². The highest BCUT2D eigenvalue weighted by Gasteiger charge is 2.01. The molecule has 1 amide bonds. The van der Waals surface area contributed by atoms with Crippen molar-refractivity contribution < 1.29 is 14.6 Å². The number of aliphatic hydroxyl groups is 1. The van der Waals surface area contributed by atoms with Crippen molar-refractivity contribution in [2.45, 2.75) is 6.23 Å². The summed E-state index contributed by atoms with van der Waals surface area (Å²) in [6.07, 6.45) is -1.97. The lowest BCUT2D eigenvalue weighted by atomic mass is 10.6. The smallest absolute Gasteiger partial charge is 0.406 e. The number of carbonyl (C=O) groups is 1. The first-order valence-corrected chi connectivity index (χ1v) is 1.99. The zero-order valence-electron chi connectivity index (χ0n) is 4.20. The fourth-order valence-corrected chi connectivity index (χ4v) is 0.186. The van der Waals surface area contributed by atoms with E-state index in [4.69, 9.17) is 10.8 Å². The summed E-state index contributed by atoms with van der Waals surface area (Å²) in [4.78, 5) is 9.78. The lowest BCUT2D eigenvalue weighted by Crippen LogP contribution is -2.32. The van der Waals surface area contributed by atoms with E-state index >= 15 is 0 Å². The molecule has 0 radical (unpaired) electrons. The zero-order chi connectivity index (χ0) is 6.57. The summed E-state index contributed by atoms with van der Waals surface area (Å²) in [6.45, 7) is -0.414. The van der Waals surface area contributed by atoms with E-state index in [1.807, 2.05) is 0 Å². The first-order chi connectivity index (χ1) is 3.66. The van der Waals surface area contributed by atoms with Crippen LogP contribution >= 0.6 is 0 Å². The van der Waals surface area contributed by atoms with Crippen molar-refractivity contribution in [2.75, 3.05) is 6.61 Å². The van der Waals surface area contributed by atoms with Gasteiger partial charge in [-0.15, -0.1) is 0 Å². The second-order valence-electron chi connectivity index (χ2n) is 1.16. The van der Waals surface area contributed by atoms with E-state index in [1.54, 1.807) is 0 Å². The van der Waals surface area contributed by atoms with Crippen LogP contribution in [0.4, 0.5) is 4.79 Å². The molecule has 0 heterocycles. The Morgan fingerprint density at radius 2 is 2.38 bits per heavy atom. The Morgan fingerprint density at radius 1 is 1.88 bits per heavy atom. The number of aliphatic hydroxyl groups excluding tert-OH is 1.